The summed E-state index contributed by atoms with van der Waals surface area (Å²) in [5.41, 5.74) is 0.713. The van der Waals surface area contributed by atoms with Crippen molar-refractivity contribution in [1.82, 2.24) is 25.4 Å². The summed E-state index contributed by atoms with van der Waals surface area (Å²) in [5, 5.41) is 14.2. The number of aliphatic imine (C=N–C) groups is 1. The molecule has 0 aliphatic heterocycles. The van der Waals surface area contributed by atoms with Gasteiger partial charge in [0, 0.05) is 25.0 Å². The Balaban J connectivity index is 1.82. The van der Waals surface area contributed by atoms with Gasteiger partial charge in [-0.15, -0.1) is 10.2 Å². The molecule has 0 fully saturated rings. The summed E-state index contributed by atoms with van der Waals surface area (Å²) in [6.07, 6.45) is 5.52. The topological polar surface area (TPSA) is 67.1 Å². The highest BCUT2D eigenvalue weighted by Gasteiger charge is 2.21. The van der Waals surface area contributed by atoms with Crippen LogP contribution in [0.4, 0.5) is 4.39 Å². The van der Waals surface area contributed by atoms with Gasteiger partial charge in [0.25, 0.3) is 0 Å². The molecule has 7 heteroatoms. The largest absolute Gasteiger partial charge is 0.357 e. The molecule has 0 spiro atoms. The number of rotatable bonds is 9. The Morgan fingerprint density at radius 2 is 1.96 bits per heavy atom. The number of hydrogen-bond donors (Lipinski definition) is 2. The molecular formula is C19H29FN6. The summed E-state index contributed by atoms with van der Waals surface area (Å²) in [4.78, 5) is 4.69. The van der Waals surface area contributed by atoms with Crippen molar-refractivity contribution in [2.24, 2.45) is 4.99 Å². The summed E-state index contributed by atoms with van der Waals surface area (Å²) in [6.45, 7) is 9.33. The van der Waals surface area contributed by atoms with Crippen LogP contribution in [-0.2, 0) is 12.0 Å². The zero-order valence-electron chi connectivity index (χ0n) is 15.9. The fourth-order valence-electron chi connectivity index (χ4n) is 2.58. The highest BCUT2D eigenvalue weighted by molar-refractivity contribution is 5.79. The van der Waals surface area contributed by atoms with Gasteiger partial charge < -0.3 is 15.2 Å². The van der Waals surface area contributed by atoms with Crippen molar-refractivity contribution in [1.29, 1.82) is 0 Å². The van der Waals surface area contributed by atoms with E-state index in [0.29, 0.717) is 6.54 Å². The van der Waals surface area contributed by atoms with Gasteiger partial charge in [-0.25, -0.2) is 4.39 Å². The number of halogens is 1. The van der Waals surface area contributed by atoms with Crippen molar-refractivity contribution >= 4 is 5.96 Å². The molecule has 0 saturated carbocycles. The van der Waals surface area contributed by atoms with Crippen LogP contribution in [0.15, 0.2) is 41.9 Å². The van der Waals surface area contributed by atoms with Crippen LogP contribution in [0.5, 0.6) is 0 Å². The van der Waals surface area contributed by atoms with Crippen LogP contribution >= 0.6 is 0 Å². The molecule has 2 rings (SSSR count). The molecule has 0 saturated heterocycles. The lowest BCUT2D eigenvalue weighted by molar-refractivity contribution is 0.528. The van der Waals surface area contributed by atoms with Gasteiger partial charge in [-0.2, -0.15) is 0 Å². The molecule has 1 aromatic carbocycles. The van der Waals surface area contributed by atoms with E-state index < -0.39 is 0 Å². The zero-order valence-corrected chi connectivity index (χ0v) is 15.9. The van der Waals surface area contributed by atoms with E-state index >= 15 is 0 Å². The molecule has 0 radical (unpaired) electrons. The van der Waals surface area contributed by atoms with Crippen molar-refractivity contribution < 1.29 is 4.39 Å². The first-order chi connectivity index (χ1) is 12.5. The summed E-state index contributed by atoms with van der Waals surface area (Å²) in [7, 11) is 0. The van der Waals surface area contributed by atoms with E-state index in [9.17, 15) is 4.39 Å². The predicted octanol–water partition coefficient (Wildman–Crippen LogP) is 2.73. The van der Waals surface area contributed by atoms with Gasteiger partial charge in [0.2, 0.25) is 0 Å². The van der Waals surface area contributed by atoms with E-state index in [-0.39, 0.29) is 11.2 Å². The number of hydrogen-bond acceptors (Lipinski definition) is 3. The second-order valence-corrected chi connectivity index (χ2v) is 6.92. The quantitative estimate of drug-likeness (QED) is 0.410. The van der Waals surface area contributed by atoms with Gasteiger partial charge in [-0.1, -0.05) is 26.0 Å². The molecule has 0 aliphatic rings. The highest BCUT2D eigenvalue weighted by Crippen LogP contribution is 2.24. The standard InChI is InChI=1S/C19H29FN6/c1-4-21-18(22-10-5-6-11-26-14-24-25-15-26)23-13-19(2,3)16-8-7-9-17(20)12-16/h7-9,12,14-15H,4-6,10-11,13H2,1-3H3,(H2,21,22,23). The first-order valence-corrected chi connectivity index (χ1v) is 9.12. The van der Waals surface area contributed by atoms with Gasteiger partial charge in [-0.3, -0.25) is 4.99 Å². The number of nitrogens with zero attached hydrogens (tertiary/aromatic N) is 4. The van der Waals surface area contributed by atoms with Crippen molar-refractivity contribution in [3.05, 3.63) is 48.3 Å². The Kier molecular flexibility index (Phi) is 7.56. The van der Waals surface area contributed by atoms with E-state index in [1.165, 1.54) is 6.07 Å². The van der Waals surface area contributed by atoms with E-state index in [2.05, 4.69) is 39.7 Å². The smallest absolute Gasteiger partial charge is 0.191 e. The summed E-state index contributed by atoms with van der Waals surface area (Å²) < 4.78 is 15.5. The molecule has 26 heavy (non-hydrogen) atoms. The molecule has 0 amide bonds. The lowest BCUT2D eigenvalue weighted by atomic mass is 9.85. The molecule has 1 heterocycles. The normalized spacial score (nSPS) is 12.2. The Morgan fingerprint density at radius 1 is 1.19 bits per heavy atom. The number of guanidine groups is 1. The Bertz CT molecular complexity index is 681. The van der Waals surface area contributed by atoms with Crippen LogP contribution in [0.3, 0.4) is 0 Å². The average molecular weight is 360 g/mol. The third kappa shape index (κ3) is 6.46. The van der Waals surface area contributed by atoms with Crippen LogP contribution < -0.4 is 10.6 Å². The number of aryl methyl sites for hydroxylation is 1. The third-order valence-electron chi connectivity index (χ3n) is 4.18. The molecule has 142 valence electrons. The predicted molar refractivity (Wildman–Crippen MR) is 103 cm³/mol. The van der Waals surface area contributed by atoms with Gasteiger partial charge >= 0.3 is 0 Å². The number of aromatic nitrogens is 3. The summed E-state index contributed by atoms with van der Waals surface area (Å²) >= 11 is 0. The second-order valence-electron chi connectivity index (χ2n) is 6.92. The Labute approximate surface area is 154 Å². The Morgan fingerprint density at radius 3 is 2.65 bits per heavy atom. The fourth-order valence-corrected chi connectivity index (χ4v) is 2.58. The van der Waals surface area contributed by atoms with Gasteiger partial charge in [0.15, 0.2) is 5.96 Å². The summed E-state index contributed by atoms with van der Waals surface area (Å²) in [5.74, 6) is 0.582. The first kappa shape index (κ1) is 19.9. The van der Waals surface area contributed by atoms with Crippen molar-refractivity contribution in [3.8, 4) is 0 Å². The first-order valence-electron chi connectivity index (χ1n) is 9.12. The van der Waals surface area contributed by atoms with Crippen molar-refractivity contribution in [2.75, 3.05) is 19.6 Å². The monoisotopic (exact) mass is 360 g/mol. The highest BCUT2D eigenvalue weighted by atomic mass is 19.1. The molecule has 0 bridgehead atoms. The van der Waals surface area contributed by atoms with Crippen LogP contribution in [0.25, 0.3) is 0 Å². The zero-order chi connectivity index (χ0) is 18.8. The number of nitrogens with one attached hydrogen (secondary N) is 2. The molecule has 0 atom stereocenters. The van der Waals surface area contributed by atoms with Crippen LogP contribution in [0.2, 0.25) is 0 Å². The lowest BCUT2D eigenvalue weighted by Crippen LogP contribution is -2.39. The van der Waals surface area contributed by atoms with Crippen molar-refractivity contribution in [3.63, 3.8) is 0 Å². The molecule has 2 aromatic rings. The second kappa shape index (κ2) is 9.89. The average Bonchev–Trinajstić information content (AvgIpc) is 3.13. The minimum absolute atomic E-state index is 0.210. The van der Waals surface area contributed by atoms with E-state index in [1.54, 1.807) is 24.8 Å². The molecule has 0 aliphatic carbocycles. The molecule has 1 aromatic heterocycles. The van der Waals surface area contributed by atoms with E-state index in [4.69, 9.17) is 0 Å². The van der Waals surface area contributed by atoms with Gasteiger partial charge in [0.05, 0.1) is 6.54 Å². The maximum absolute atomic E-state index is 13.5. The lowest BCUT2D eigenvalue weighted by Gasteiger charge is -2.24. The molecule has 2 N–H and O–H groups in total. The van der Waals surface area contributed by atoms with Crippen LogP contribution in [0.1, 0.15) is 39.2 Å². The van der Waals surface area contributed by atoms with E-state index in [0.717, 1.165) is 44.0 Å². The summed E-state index contributed by atoms with van der Waals surface area (Å²) in [6, 6.07) is 6.74. The molecule has 0 unspecified atom stereocenters. The van der Waals surface area contributed by atoms with Gasteiger partial charge in [-0.05, 0) is 37.5 Å². The SMILES string of the molecule is CCNC(=NCC(C)(C)c1cccc(F)c1)NCCCCn1cnnc1. The van der Waals surface area contributed by atoms with Gasteiger partial charge in [0.1, 0.15) is 18.5 Å². The van der Waals surface area contributed by atoms with Crippen LogP contribution in [-0.4, -0.2) is 40.4 Å². The number of unbranched alkanes of at least 4 members (excludes halogenated alkanes) is 1. The molecule has 6 nitrogen and oxygen atoms in total. The maximum atomic E-state index is 13.5. The van der Waals surface area contributed by atoms with Crippen molar-refractivity contribution in [2.45, 2.75) is 45.6 Å². The minimum Gasteiger partial charge on any atom is -0.357 e. The van der Waals surface area contributed by atoms with E-state index in [1.807, 2.05) is 17.6 Å². The number of benzene rings is 1. The maximum Gasteiger partial charge on any atom is 0.191 e. The molecular weight excluding hydrogens is 331 g/mol. The van der Waals surface area contributed by atoms with Crippen LogP contribution in [0, 0.1) is 5.82 Å². The Hall–Kier alpha value is -2.44. The third-order valence-corrected chi connectivity index (χ3v) is 4.18. The fraction of sp³-hybridized carbons (Fsp3) is 0.526. The minimum atomic E-state index is -0.237.